The van der Waals surface area contributed by atoms with Crippen LogP contribution in [-0.2, 0) is 27.1 Å². The molecule has 2 aromatic carbocycles. The molecule has 128 valence electrons. The third kappa shape index (κ3) is 5.60. The third-order valence-electron chi connectivity index (χ3n) is 4.05. The molecule has 1 atom stereocenters. The number of hydrogen-bond donors (Lipinski definition) is 1. The second-order valence-electron chi connectivity index (χ2n) is 5.92. The highest BCUT2D eigenvalue weighted by Gasteiger charge is 2.14. The van der Waals surface area contributed by atoms with Gasteiger partial charge in [-0.2, -0.15) is 0 Å². The number of benzene rings is 2. The van der Waals surface area contributed by atoms with Crippen LogP contribution in [0.5, 0.6) is 0 Å². The lowest BCUT2D eigenvalue weighted by atomic mass is 10.0. The fraction of sp³-hybridized carbons (Fsp3) is 0.350. The van der Waals surface area contributed by atoms with Crippen molar-refractivity contribution in [3.05, 3.63) is 65.7 Å². The highest BCUT2D eigenvalue weighted by molar-refractivity contribution is 7.83. The molecule has 0 saturated carbocycles. The van der Waals surface area contributed by atoms with Crippen LogP contribution in [0.4, 0.5) is 5.69 Å². The maximum Gasteiger partial charge on any atom is 0.227 e. The lowest BCUT2D eigenvalue weighted by molar-refractivity contribution is -0.120. The molecule has 1 amide bonds. The number of carbonyl (C=O) groups excluding carboxylic acids is 1. The predicted octanol–water partition coefficient (Wildman–Crippen LogP) is 4.51. The van der Waals surface area contributed by atoms with Crippen molar-refractivity contribution in [1.29, 1.82) is 0 Å². The summed E-state index contributed by atoms with van der Waals surface area (Å²) in [6, 6.07) is 17.5. The maximum atomic E-state index is 12.3. The van der Waals surface area contributed by atoms with Crippen molar-refractivity contribution >= 4 is 22.4 Å². The van der Waals surface area contributed by atoms with Gasteiger partial charge >= 0.3 is 0 Å². The topological polar surface area (TPSA) is 46.2 Å². The van der Waals surface area contributed by atoms with Gasteiger partial charge in [-0.15, -0.1) is 0 Å². The second kappa shape index (κ2) is 9.38. The summed E-state index contributed by atoms with van der Waals surface area (Å²) in [5.74, 6) is 1.14. The molecule has 0 saturated heterocycles. The Morgan fingerprint density at radius 1 is 0.958 bits per heavy atom. The Morgan fingerprint density at radius 3 is 2.25 bits per heavy atom. The highest BCUT2D eigenvalue weighted by Crippen LogP contribution is 2.17. The van der Waals surface area contributed by atoms with Crippen LogP contribution in [0.3, 0.4) is 0 Å². The highest BCUT2D eigenvalue weighted by atomic mass is 32.2. The molecule has 0 aromatic heterocycles. The SMILES string of the molecule is CCC(CC)C(=O)Nc1cccc(CS(=O)Cc2ccccc2)c1. The Morgan fingerprint density at radius 2 is 1.58 bits per heavy atom. The van der Waals surface area contributed by atoms with Crippen molar-refractivity contribution in [2.24, 2.45) is 5.92 Å². The van der Waals surface area contributed by atoms with Crippen molar-refractivity contribution in [3.8, 4) is 0 Å². The van der Waals surface area contributed by atoms with E-state index < -0.39 is 10.8 Å². The molecule has 0 aliphatic carbocycles. The van der Waals surface area contributed by atoms with E-state index in [1.807, 2.05) is 68.4 Å². The van der Waals surface area contributed by atoms with Crippen molar-refractivity contribution in [3.63, 3.8) is 0 Å². The summed E-state index contributed by atoms with van der Waals surface area (Å²) in [5, 5.41) is 2.97. The van der Waals surface area contributed by atoms with Gasteiger partial charge in [-0.3, -0.25) is 9.00 Å². The molecule has 0 radical (unpaired) electrons. The first-order valence-corrected chi connectivity index (χ1v) is 9.89. The largest absolute Gasteiger partial charge is 0.326 e. The van der Waals surface area contributed by atoms with Crippen LogP contribution >= 0.6 is 0 Å². The molecule has 0 spiro atoms. The Balaban J connectivity index is 1.97. The number of anilines is 1. The van der Waals surface area contributed by atoms with Gasteiger partial charge < -0.3 is 5.32 Å². The Kier molecular flexibility index (Phi) is 7.19. The summed E-state index contributed by atoms with van der Waals surface area (Å²) in [5.41, 5.74) is 2.83. The molecule has 24 heavy (non-hydrogen) atoms. The van der Waals surface area contributed by atoms with E-state index in [1.54, 1.807) is 0 Å². The van der Waals surface area contributed by atoms with Crippen LogP contribution in [0, 0.1) is 5.92 Å². The Bertz CT molecular complexity index is 681. The number of amides is 1. The fourth-order valence-electron chi connectivity index (χ4n) is 2.64. The number of nitrogens with one attached hydrogen (secondary N) is 1. The summed E-state index contributed by atoms with van der Waals surface area (Å²) in [7, 11) is -0.968. The summed E-state index contributed by atoms with van der Waals surface area (Å²) >= 11 is 0. The lowest BCUT2D eigenvalue weighted by Crippen LogP contribution is -2.21. The zero-order chi connectivity index (χ0) is 17.4. The minimum Gasteiger partial charge on any atom is -0.326 e. The zero-order valence-corrected chi connectivity index (χ0v) is 15.1. The normalized spacial score (nSPS) is 12.1. The molecule has 3 nitrogen and oxygen atoms in total. The molecule has 0 bridgehead atoms. The molecule has 2 aromatic rings. The van der Waals surface area contributed by atoms with Gasteiger partial charge in [-0.25, -0.2) is 0 Å². The van der Waals surface area contributed by atoms with Gasteiger partial charge in [-0.05, 0) is 36.1 Å². The minimum atomic E-state index is -0.968. The monoisotopic (exact) mass is 343 g/mol. The van der Waals surface area contributed by atoms with Gasteiger partial charge in [0.15, 0.2) is 0 Å². The van der Waals surface area contributed by atoms with E-state index in [0.29, 0.717) is 11.5 Å². The number of hydrogen-bond acceptors (Lipinski definition) is 2. The van der Waals surface area contributed by atoms with E-state index in [4.69, 9.17) is 0 Å². The maximum absolute atomic E-state index is 12.3. The van der Waals surface area contributed by atoms with Crippen LogP contribution in [0.15, 0.2) is 54.6 Å². The number of rotatable bonds is 8. The third-order valence-corrected chi connectivity index (χ3v) is 5.36. The molecule has 1 unspecified atom stereocenters. The van der Waals surface area contributed by atoms with Crippen molar-refractivity contribution in [2.75, 3.05) is 5.32 Å². The van der Waals surface area contributed by atoms with Gasteiger partial charge in [0.1, 0.15) is 0 Å². The molecule has 0 fully saturated rings. The molecule has 2 rings (SSSR count). The number of carbonyl (C=O) groups is 1. The van der Waals surface area contributed by atoms with Crippen molar-refractivity contribution < 1.29 is 9.00 Å². The first kappa shape index (κ1) is 18.4. The van der Waals surface area contributed by atoms with Gasteiger partial charge in [-0.1, -0.05) is 56.3 Å². The smallest absolute Gasteiger partial charge is 0.227 e. The molecular weight excluding hydrogens is 318 g/mol. The predicted molar refractivity (Wildman–Crippen MR) is 101 cm³/mol. The van der Waals surface area contributed by atoms with E-state index in [9.17, 15) is 9.00 Å². The summed E-state index contributed by atoms with van der Waals surface area (Å²) in [6.45, 7) is 4.05. The molecule has 0 heterocycles. The zero-order valence-electron chi connectivity index (χ0n) is 14.3. The van der Waals surface area contributed by atoms with E-state index >= 15 is 0 Å². The van der Waals surface area contributed by atoms with Gasteiger partial charge in [0.05, 0.1) is 0 Å². The van der Waals surface area contributed by atoms with Crippen LogP contribution in [0.2, 0.25) is 0 Å². The summed E-state index contributed by atoms with van der Waals surface area (Å²) in [4.78, 5) is 12.2. The summed E-state index contributed by atoms with van der Waals surface area (Å²) < 4.78 is 12.3. The Hall–Kier alpha value is -1.94. The van der Waals surface area contributed by atoms with E-state index in [1.165, 1.54) is 0 Å². The minimum absolute atomic E-state index is 0.0425. The van der Waals surface area contributed by atoms with E-state index in [0.717, 1.165) is 29.7 Å². The first-order chi connectivity index (χ1) is 11.6. The fourth-order valence-corrected chi connectivity index (χ4v) is 3.86. The van der Waals surface area contributed by atoms with Gasteiger partial charge in [0.2, 0.25) is 5.91 Å². The summed E-state index contributed by atoms with van der Waals surface area (Å²) in [6.07, 6.45) is 1.67. The van der Waals surface area contributed by atoms with Crippen molar-refractivity contribution in [1.82, 2.24) is 0 Å². The van der Waals surface area contributed by atoms with Gasteiger partial charge in [0.25, 0.3) is 0 Å². The molecular formula is C20H25NO2S. The average molecular weight is 343 g/mol. The average Bonchev–Trinajstić information content (AvgIpc) is 2.57. The first-order valence-electron chi connectivity index (χ1n) is 8.41. The van der Waals surface area contributed by atoms with Crippen LogP contribution in [0.25, 0.3) is 0 Å². The molecule has 4 heteroatoms. The van der Waals surface area contributed by atoms with Crippen LogP contribution in [-0.4, -0.2) is 10.1 Å². The molecule has 0 aliphatic heterocycles. The van der Waals surface area contributed by atoms with Crippen LogP contribution in [0.1, 0.15) is 37.8 Å². The van der Waals surface area contributed by atoms with Gasteiger partial charge in [0, 0.05) is 33.9 Å². The quantitative estimate of drug-likeness (QED) is 0.766. The Labute approximate surface area is 146 Å². The van der Waals surface area contributed by atoms with E-state index in [2.05, 4.69) is 5.32 Å². The molecule has 0 aliphatic rings. The van der Waals surface area contributed by atoms with E-state index in [-0.39, 0.29) is 11.8 Å². The van der Waals surface area contributed by atoms with Crippen molar-refractivity contribution in [2.45, 2.75) is 38.2 Å². The molecule has 1 N–H and O–H groups in total. The standard InChI is InChI=1S/C20H25NO2S/c1-3-18(4-2)20(22)21-19-12-8-11-17(13-19)15-24(23)14-16-9-6-5-7-10-16/h5-13,18H,3-4,14-15H2,1-2H3,(H,21,22). The van der Waals surface area contributed by atoms with Crippen LogP contribution < -0.4 is 5.32 Å². The second-order valence-corrected chi connectivity index (χ2v) is 7.37. The lowest BCUT2D eigenvalue weighted by Gasteiger charge is -2.13.